The number of fused-ring (bicyclic) bond motifs is 6. The molecule has 0 unspecified atom stereocenters. The summed E-state index contributed by atoms with van der Waals surface area (Å²) in [5, 5.41) is 3.37. The Kier molecular flexibility index (Phi) is 3.65. The van der Waals surface area contributed by atoms with Gasteiger partial charge in [-0.05, 0) is 42.8 Å². The number of nitrogens with zero attached hydrogens (tertiary/aromatic N) is 2. The zero-order chi connectivity index (χ0) is 22.1. The van der Waals surface area contributed by atoms with E-state index >= 15 is 0 Å². The van der Waals surface area contributed by atoms with E-state index in [9.17, 15) is 0 Å². The standard InChI is InChI=1S/C29H21N2O2/c1-18-16-17-21-20-12-7-9-15-24(20)32-27(21)25(18)28-30(2)26-22-13-6-8-14-23(22)31(29(26)33-28)19-10-4-3-5-11-19/h3-17H,1-2H3/q+1. The molecule has 0 aliphatic carbocycles. The highest BCUT2D eigenvalue weighted by Crippen LogP contribution is 2.39. The Morgan fingerprint density at radius 2 is 1.42 bits per heavy atom. The smallest absolute Gasteiger partial charge is 0.386 e. The number of aromatic nitrogens is 2. The van der Waals surface area contributed by atoms with Crippen molar-refractivity contribution in [2.24, 2.45) is 7.05 Å². The molecule has 33 heavy (non-hydrogen) atoms. The maximum absolute atomic E-state index is 6.71. The Labute approximate surface area is 189 Å². The molecule has 0 saturated heterocycles. The van der Waals surface area contributed by atoms with Gasteiger partial charge in [0, 0.05) is 16.5 Å². The maximum Gasteiger partial charge on any atom is 0.386 e. The van der Waals surface area contributed by atoms with Crippen molar-refractivity contribution < 1.29 is 13.4 Å². The van der Waals surface area contributed by atoms with E-state index in [4.69, 9.17) is 8.83 Å². The highest BCUT2D eigenvalue weighted by molar-refractivity contribution is 6.10. The van der Waals surface area contributed by atoms with Crippen molar-refractivity contribution in [2.45, 2.75) is 6.92 Å². The zero-order valence-electron chi connectivity index (χ0n) is 18.4. The Balaban J connectivity index is 1.62. The fraction of sp³-hybridized carbons (Fsp3) is 0.0690. The van der Waals surface area contributed by atoms with Gasteiger partial charge in [0.1, 0.15) is 18.2 Å². The molecule has 3 heterocycles. The van der Waals surface area contributed by atoms with Gasteiger partial charge in [-0.2, -0.15) is 4.57 Å². The van der Waals surface area contributed by atoms with Crippen molar-refractivity contribution in [2.75, 3.05) is 0 Å². The number of furan rings is 1. The minimum absolute atomic E-state index is 0.789. The lowest BCUT2D eigenvalue weighted by atomic mass is 10.0. The van der Waals surface area contributed by atoms with Crippen LogP contribution in [0, 0.1) is 6.92 Å². The van der Waals surface area contributed by atoms with Crippen LogP contribution >= 0.6 is 0 Å². The van der Waals surface area contributed by atoms with Crippen LogP contribution in [0.4, 0.5) is 0 Å². The lowest BCUT2D eigenvalue weighted by molar-refractivity contribution is -0.636. The highest BCUT2D eigenvalue weighted by atomic mass is 16.4. The summed E-state index contributed by atoms with van der Waals surface area (Å²) in [6.07, 6.45) is 0. The van der Waals surface area contributed by atoms with Gasteiger partial charge in [0.15, 0.2) is 5.58 Å². The van der Waals surface area contributed by atoms with Crippen LogP contribution in [0.2, 0.25) is 0 Å². The number of benzene rings is 4. The van der Waals surface area contributed by atoms with Crippen LogP contribution < -0.4 is 4.57 Å². The molecule has 0 fully saturated rings. The molecule has 0 N–H and O–H groups in total. The molecule has 0 amide bonds. The summed E-state index contributed by atoms with van der Waals surface area (Å²) in [4.78, 5) is 0. The lowest BCUT2D eigenvalue weighted by Gasteiger charge is -2.05. The van der Waals surface area contributed by atoms with Gasteiger partial charge in [-0.25, -0.2) is 0 Å². The Bertz CT molecular complexity index is 1830. The van der Waals surface area contributed by atoms with Gasteiger partial charge >= 0.3 is 5.89 Å². The van der Waals surface area contributed by atoms with E-state index in [1.165, 1.54) is 0 Å². The van der Waals surface area contributed by atoms with Crippen molar-refractivity contribution in [1.82, 2.24) is 4.57 Å². The van der Waals surface area contributed by atoms with Crippen molar-refractivity contribution in [3.63, 3.8) is 0 Å². The summed E-state index contributed by atoms with van der Waals surface area (Å²) in [6.45, 7) is 2.11. The SMILES string of the molecule is Cc1ccc2c(oc3ccccc32)c1-c1oc2c(c3ccccc3n2-c2ccccc2)[n+]1C. The summed E-state index contributed by atoms with van der Waals surface area (Å²) in [5.74, 6) is 0.789. The summed E-state index contributed by atoms with van der Waals surface area (Å²) >= 11 is 0. The highest BCUT2D eigenvalue weighted by Gasteiger charge is 2.32. The fourth-order valence-electron chi connectivity index (χ4n) is 5.08. The largest absolute Gasteiger partial charge is 0.455 e. The van der Waals surface area contributed by atoms with Crippen molar-refractivity contribution in [3.8, 4) is 17.1 Å². The predicted octanol–water partition coefficient (Wildman–Crippen LogP) is 7.08. The van der Waals surface area contributed by atoms with Crippen molar-refractivity contribution in [3.05, 3.63) is 96.6 Å². The molecule has 3 aromatic heterocycles. The summed E-state index contributed by atoms with van der Waals surface area (Å²) < 4.78 is 17.4. The van der Waals surface area contributed by atoms with Crippen LogP contribution in [0.1, 0.15) is 5.56 Å². The molecular formula is C29H21N2O2+. The minimum atomic E-state index is 0.789. The summed E-state index contributed by atoms with van der Waals surface area (Å²) in [7, 11) is 2.07. The van der Waals surface area contributed by atoms with E-state index in [-0.39, 0.29) is 0 Å². The van der Waals surface area contributed by atoms with Gasteiger partial charge in [-0.15, -0.1) is 0 Å². The Morgan fingerprint density at radius 3 is 2.27 bits per heavy atom. The average Bonchev–Trinajstić information content (AvgIpc) is 3.49. The normalized spacial score (nSPS) is 11.9. The van der Waals surface area contributed by atoms with Gasteiger partial charge in [0.05, 0.1) is 10.9 Å². The molecule has 158 valence electrons. The first-order valence-electron chi connectivity index (χ1n) is 11.1. The van der Waals surface area contributed by atoms with Gasteiger partial charge < -0.3 is 8.83 Å². The third-order valence-corrected chi connectivity index (χ3v) is 6.62. The molecule has 0 spiro atoms. The molecule has 0 bridgehead atoms. The van der Waals surface area contributed by atoms with Crippen molar-refractivity contribution in [1.29, 1.82) is 0 Å². The van der Waals surface area contributed by atoms with Gasteiger partial charge in [0.2, 0.25) is 0 Å². The third kappa shape index (κ3) is 2.43. The topological polar surface area (TPSA) is 35.1 Å². The van der Waals surface area contributed by atoms with Gasteiger partial charge in [0.25, 0.3) is 11.2 Å². The second-order valence-corrected chi connectivity index (χ2v) is 8.54. The van der Waals surface area contributed by atoms with Gasteiger partial charge in [-0.1, -0.05) is 60.7 Å². The fourth-order valence-corrected chi connectivity index (χ4v) is 5.08. The monoisotopic (exact) mass is 429 g/mol. The molecule has 7 aromatic rings. The van der Waals surface area contributed by atoms with E-state index in [1.54, 1.807) is 0 Å². The van der Waals surface area contributed by atoms with E-state index in [0.717, 1.165) is 66.8 Å². The molecule has 0 aliphatic heterocycles. The quantitative estimate of drug-likeness (QED) is 0.275. The predicted molar refractivity (Wildman–Crippen MR) is 132 cm³/mol. The molecule has 0 radical (unpaired) electrons. The first-order valence-corrected chi connectivity index (χ1v) is 11.1. The molecule has 4 aromatic carbocycles. The second kappa shape index (κ2) is 6.59. The zero-order valence-corrected chi connectivity index (χ0v) is 18.4. The first-order chi connectivity index (χ1) is 16.2. The van der Waals surface area contributed by atoms with Crippen LogP contribution in [-0.4, -0.2) is 4.57 Å². The maximum atomic E-state index is 6.71. The number of rotatable bonds is 2. The number of oxazole rings is 1. The lowest BCUT2D eigenvalue weighted by Crippen LogP contribution is -2.28. The third-order valence-electron chi connectivity index (χ3n) is 6.62. The van der Waals surface area contributed by atoms with E-state index in [1.807, 2.05) is 24.3 Å². The van der Waals surface area contributed by atoms with E-state index in [0.29, 0.717) is 0 Å². The van der Waals surface area contributed by atoms with Crippen LogP contribution in [0.25, 0.3) is 61.2 Å². The second-order valence-electron chi connectivity index (χ2n) is 8.54. The summed E-state index contributed by atoms with van der Waals surface area (Å²) in [6, 6.07) is 31.3. The molecule has 0 atom stereocenters. The van der Waals surface area contributed by atoms with Crippen LogP contribution in [0.5, 0.6) is 0 Å². The molecule has 4 nitrogen and oxygen atoms in total. The van der Waals surface area contributed by atoms with Crippen LogP contribution in [0.15, 0.2) is 99.8 Å². The van der Waals surface area contributed by atoms with Crippen LogP contribution in [0.3, 0.4) is 0 Å². The number of para-hydroxylation sites is 3. The molecular weight excluding hydrogens is 408 g/mol. The number of hydrogen-bond donors (Lipinski definition) is 0. The number of hydrogen-bond acceptors (Lipinski definition) is 2. The summed E-state index contributed by atoms with van der Waals surface area (Å²) in [5.41, 5.74) is 7.94. The Morgan fingerprint density at radius 1 is 0.697 bits per heavy atom. The molecule has 0 saturated carbocycles. The Hall–Kier alpha value is -4.31. The first kappa shape index (κ1) is 18.3. The van der Waals surface area contributed by atoms with Crippen molar-refractivity contribution >= 4 is 44.1 Å². The van der Waals surface area contributed by atoms with E-state index < -0.39 is 0 Å². The molecule has 4 heteroatoms. The minimum Gasteiger partial charge on any atom is -0.455 e. The van der Waals surface area contributed by atoms with Crippen LogP contribution in [-0.2, 0) is 7.05 Å². The van der Waals surface area contributed by atoms with Gasteiger partial charge in [-0.3, -0.25) is 4.57 Å². The molecule has 7 rings (SSSR count). The number of aryl methyl sites for hydroxylation is 2. The van der Waals surface area contributed by atoms with E-state index in [2.05, 4.69) is 89.8 Å². The average molecular weight is 429 g/mol. The molecule has 0 aliphatic rings.